The van der Waals surface area contributed by atoms with Crippen LogP contribution < -0.4 is 20.9 Å². The lowest BCUT2D eigenvalue weighted by Crippen LogP contribution is -2.38. The number of ether oxygens (including phenoxy) is 1. The minimum atomic E-state index is -0.263. The minimum Gasteiger partial charge on any atom is -0.497 e. The molecule has 0 aliphatic rings. The quantitative estimate of drug-likeness (QED) is 0.318. The summed E-state index contributed by atoms with van der Waals surface area (Å²) in [4.78, 5) is 28.7. The van der Waals surface area contributed by atoms with E-state index in [4.69, 9.17) is 9.26 Å². The number of rotatable bonds is 10. The van der Waals surface area contributed by atoms with E-state index in [0.29, 0.717) is 42.4 Å². The molecule has 2 aromatic carbocycles. The van der Waals surface area contributed by atoms with Crippen LogP contribution in [-0.4, -0.2) is 46.4 Å². The first-order chi connectivity index (χ1) is 16.8. The van der Waals surface area contributed by atoms with Crippen molar-refractivity contribution >= 4 is 22.5 Å². The maximum absolute atomic E-state index is 12.4. The van der Waals surface area contributed by atoms with Crippen molar-refractivity contribution in [2.24, 2.45) is 5.41 Å². The fourth-order valence-corrected chi connectivity index (χ4v) is 3.50. The summed E-state index contributed by atoms with van der Waals surface area (Å²) in [6, 6.07) is 14.6. The van der Waals surface area contributed by atoms with Gasteiger partial charge < -0.3 is 19.9 Å². The molecule has 35 heavy (non-hydrogen) atoms. The van der Waals surface area contributed by atoms with Gasteiger partial charge in [-0.1, -0.05) is 37.2 Å². The topological polar surface area (TPSA) is 135 Å². The van der Waals surface area contributed by atoms with Crippen LogP contribution >= 0.6 is 0 Å². The smallest absolute Gasteiger partial charge is 0.272 e. The van der Waals surface area contributed by atoms with Crippen LogP contribution in [0.25, 0.3) is 22.2 Å². The van der Waals surface area contributed by atoms with Crippen molar-refractivity contribution in [3.63, 3.8) is 0 Å². The lowest BCUT2D eigenvalue weighted by Gasteiger charge is -2.25. The van der Waals surface area contributed by atoms with Crippen LogP contribution in [0.15, 0.2) is 57.8 Å². The van der Waals surface area contributed by atoms with Crippen molar-refractivity contribution in [3.05, 3.63) is 64.8 Å². The number of aromatic nitrogens is 4. The monoisotopic (exact) mass is 476 g/mol. The van der Waals surface area contributed by atoms with E-state index in [1.54, 1.807) is 13.2 Å². The maximum atomic E-state index is 12.4. The molecule has 0 radical (unpaired) electrons. The van der Waals surface area contributed by atoms with Crippen molar-refractivity contribution in [2.75, 3.05) is 25.5 Å². The van der Waals surface area contributed by atoms with E-state index in [1.807, 2.05) is 56.3 Å². The number of aromatic amines is 1. The molecule has 10 heteroatoms. The molecular formula is C25H28N6O4. The number of H-pyrrole nitrogens is 1. The Morgan fingerprint density at radius 3 is 2.57 bits per heavy atom. The zero-order chi connectivity index (χ0) is 24.8. The van der Waals surface area contributed by atoms with E-state index in [-0.39, 0.29) is 23.3 Å². The van der Waals surface area contributed by atoms with E-state index < -0.39 is 0 Å². The van der Waals surface area contributed by atoms with Gasteiger partial charge in [0.25, 0.3) is 5.56 Å². The molecule has 3 N–H and O–H groups in total. The summed E-state index contributed by atoms with van der Waals surface area (Å²) in [5, 5.41) is 18.2. The number of nitrogens with zero attached hydrogens (tertiary/aromatic N) is 3. The van der Waals surface area contributed by atoms with Crippen molar-refractivity contribution in [2.45, 2.75) is 26.7 Å². The second kappa shape index (κ2) is 10.4. The second-order valence-corrected chi connectivity index (χ2v) is 8.98. The molecule has 0 saturated carbocycles. The Kier molecular flexibility index (Phi) is 7.09. The lowest BCUT2D eigenvalue weighted by molar-refractivity contribution is -0.121. The molecule has 2 aromatic heterocycles. The molecule has 0 atom stereocenters. The molecule has 4 rings (SSSR count). The number of carbonyl (C=O) groups excluding carboxylic acids is 1. The third kappa shape index (κ3) is 6.03. The molecule has 4 aromatic rings. The highest BCUT2D eigenvalue weighted by Crippen LogP contribution is 2.21. The summed E-state index contributed by atoms with van der Waals surface area (Å²) in [7, 11) is 1.61. The van der Waals surface area contributed by atoms with Gasteiger partial charge in [0.2, 0.25) is 17.6 Å². The van der Waals surface area contributed by atoms with Crippen LogP contribution in [0.3, 0.4) is 0 Å². The number of fused-ring (bicyclic) bond motifs is 1. The highest BCUT2D eigenvalue weighted by molar-refractivity contribution is 5.90. The Labute approximate surface area is 202 Å². The van der Waals surface area contributed by atoms with Gasteiger partial charge in [-0.25, -0.2) is 5.10 Å². The van der Waals surface area contributed by atoms with Gasteiger partial charge in [-0.15, -0.1) is 0 Å². The molecule has 0 aliphatic heterocycles. The van der Waals surface area contributed by atoms with E-state index >= 15 is 0 Å². The third-order valence-electron chi connectivity index (χ3n) is 5.58. The van der Waals surface area contributed by atoms with E-state index in [9.17, 15) is 9.59 Å². The van der Waals surface area contributed by atoms with Gasteiger partial charge in [-0.2, -0.15) is 10.1 Å². The van der Waals surface area contributed by atoms with Crippen LogP contribution in [0.1, 0.15) is 26.2 Å². The Balaban J connectivity index is 1.26. The third-order valence-corrected chi connectivity index (χ3v) is 5.58. The first-order valence-electron chi connectivity index (χ1n) is 11.3. The van der Waals surface area contributed by atoms with Crippen LogP contribution in [0.4, 0.5) is 5.82 Å². The zero-order valence-corrected chi connectivity index (χ0v) is 19.9. The van der Waals surface area contributed by atoms with Crippen LogP contribution in [0, 0.1) is 5.41 Å². The number of aryl methyl sites for hydroxylation is 1. The molecule has 182 valence electrons. The molecule has 2 heterocycles. The highest BCUT2D eigenvalue weighted by Gasteiger charge is 2.20. The van der Waals surface area contributed by atoms with Gasteiger partial charge in [0.15, 0.2) is 5.82 Å². The van der Waals surface area contributed by atoms with E-state index in [2.05, 4.69) is 31.0 Å². The maximum Gasteiger partial charge on any atom is 0.272 e. The van der Waals surface area contributed by atoms with Gasteiger partial charge in [-0.3, -0.25) is 9.59 Å². The summed E-state index contributed by atoms with van der Waals surface area (Å²) in [5.41, 5.74) is 0.319. The molecule has 0 bridgehead atoms. The van der Waals surface area contributed by atoms with Gasteiger partial charge >= 0.3 is 0 Å². The Hall–Kier alpha value is -4.21. The van der Waals surface area contributed by atoms with Gasteiger partial charge in [0, 0.05) is 36.9 Å². The summed E-state index contributed by atoms with van der Waals surface area (Å²) >= 11 is 0. The Morgan fingerprint density at radius 2 is 1.83 bits per heavy atom. The molecular weight excluding hydrogens is 448 g/mol. The van der Waals surface area contributed by atoms with E-state index in [0.717, 1.165) is 16.7 Å². The molecule has 0 fully saturated rings. The average molecular weight is 477 g/mol. The number of anilines is 1. The molecule has 10 nitrogen and oxygen atoms in total. The lowest BCUT2D eigenvalue weighted by atomic mass is 9.93. The van der Waals surface area contributed by atoms with Gasteiger partial charge in [-0.05, 0) is 35.7 Å². The summed E-state index contributed by atoms with van der Waals surface area (Å²) in [5.74, 6) is 2.12. The number of carbonyl (C=O) groups is 1. The predicted octanol–water partition coefficient (Wildman–Crippen LogP) is 3.17. The Bertz CT molecular complexity index is 1360. The van der Waals surface area contributed by atoms with Crippen molar-refractivity contribution in [3.8, 4) is 17.1 Å². The molecule has 1 amide bonds. The van der Waals surface area contributed by atoms with Crippen LogP contribution in [0.2, 0.25) is 0 Å². The summed E-state index contributed by atoms with van der Waals surface area (Å²) < 4.78 is 10.4. The predicted molar refractivity (Wildman–Crippen MR) is 132 cm³/mol. The largest absolute Gasteiger partial charge is 0.497 e. The fourth-order valence-electron chi connectivity index (χ4n) is 3.50. The number of hydrogen-bond donors (Lipinski definition) is 3. The van der Waals surface area contributed by atoms with Crippen molar-refractivity contribution in [1.82, 2.24) is 25.7 Å². The number of methoxy groups -OCH3 is 1. The fraction of sp³-hybridized carbons (Fsp3) is 0.320. The normalized spacial score (nSPS) is 11.4. The molecule has 0 aliphatic carbocycles. The Morgan fingerprint density at radius 1 is 1.09 bits per heavy atom. The summed E-state index contributed by atoms with van der Waals surface area (Å²) in [6.07, 6.45) is 0.584. The second-order valence-electron chi connectivity index (χ2n) is 8.98. The number of hydrogen-bond acceptors (Lipinski definition) is 8. The molecule has 0 spiro atoms. The SMILES string of the molecule is COc1ccc(-c2noc(CCC(=O)NCC(C)(C)CNc3n[nH]c(=O)c4ccccc34)n2)cc1. The number of amides is 1. The standard InChI is InChI=1S/C25H28N6O4/c1-25(2,15-27-23-18-6-4-5-7-19(18)24(33)30-29-23)14-26-20(32)12-13-21-28-22(31-35-21)16-8-10-17(34-3)11-9-16/h4-11H,12-15H2,1-3H3,(H,26,32)(H,27,29)(H,30,33). The number of nitrogens with one attached hydrogen (secondary N) is 3. The van der Waals surface area contributed by atoms with Crippen molar-refractivity contribution in [1.29, 1.82) is 0 Å². The van der Waals surface area contributed by atoms with E-state index in [1.165, 1.54) is 0 Å². The van der Waals surface area contributed by atoms with Crippen LogP contribution in [-0.2, 0) is 11.2 Å². The number of benzene rings is 2. The van der Waals surface area contributed by atoms with Gasteiger partial charge in [0.1, 0.15) is 5.75 Å². The first kappa shape index (κ1) is 23.9. The van der Waals surface area contributed by atoms with Gasteiger partial charge in [0.05, 0.1) is 12.5 Å². The summed E-state index contributed by atoms with van der Waals surface area (Å²) in [6.45, 7) is 5.08. The highest BCUT2D eigenvalue weighted by atomic mass is 16.5. The van der Waals surface area contributed by atoms with Crippen molar-refractivity contribution < 1.29 is 14.1 Å². The minimum absolute atomic E-state index is 0.102. The van der Waals surface area contributed by atoms with Crippen LogP contribution in [0.5, 0.6) is 5.75 Å². The molecule has 0 unspecified atom stereocenters. The zero-order valence-electron chi connectivity index (χ0n) is 19.9. The average Bonchev–Trinajstić information content (AvgIpc) is 3.35. The molecule has 0 saturated heterocycles. The first-order valence-corrected chi connectivity index (χ1v) is 11.3.